The first kappa shape index (κ1) is 13.8. The zero-order valence-corrected chi connectivity index (χ0v) is 12.7. The number of nitrogens with zero attached hydrogens (tertiary/aromatic N) is 1. The van der Waals surface area contributed by atoms with E-state index in [1.54, 1.807) is 7.11 Å². The van der Waals surface area contributed by atoms with E-state index in [0.29, 0.717) is 6.04 Å². The summed E-state index contributed by atoms with van der Waals surface area (Å²) in [5.41, 5.74) is 1.33. The molecule has 1 aliphatic rings. The molecule has 0 amide bonds. The molecule has 0 aliphatic carbocycles. The zero-order chi connectivity index (χ0) is 13.0. The molecule has 1 saturated heterocycles. The third-order valence-electron chi connectivity index (χ3n) is 3.45. The van der Waals surface area contributed by atoms with Gasteiger partial charge in [0.2, 0.25) is 0 Å². The average Bonchev–Trinajstić information content (AvgIpc) is 2.39. The Morgan fingerprint density at radius 1 is 1.50 bits per heavy atom. The summed E-state index contributed by atoms with van der Waals surface area (Å²) in [7, 11) is 1.70. The van der Waals surface area contributed by atoms with Crippen LogP contribution in [0.2, 0.25) is 0 Å². The van der Waals surface area contributed by atoms with E-state index < -0.39 is 0 Å². The van der Waals surface area contributed by atoms with E-state index in [1.165, 1.54) is 12.0 Å². The number of hydrogen-bond acceptors (Lipinski definition) is 3. The van der Waals surface area contributed by atoms with E-state index >= 15 is 0 Å². The number of benzene rings is 1. The molecule has 0 bridgehead atoms. The number of ether oxygens (including phenoxy) is 1. The fourth-order valence-corrected chi connectivity index (χ4v) is 2.97. The van der Waals surface area contributed by atoms with Gasteiger partial charge in [0.05, 0.1) is 11.6 Å². The summed E-state index contributed by atoms with van der Waals surface area (Å²) in [5.74, 6) is 0.894. The Labute approximate surface area is 118 Å². The van der Waals surface area contributed by atoms with Gasteiger partial charge >= 0.3 is 0 Å². The standard InChI is InChI=1S/C14H21BrN2O/c1-3-12-10-17(7-6-16-12)9-11-4-5-14(18-2)13(15)8-11/h4-5,8,12,16H,3,6-7,9-10H2,1-2H3. The van der Waals surface area contributed by atoms with Crippen LogP contribution < -0.4 is 10.1 Å². The Hall–Kier alpha value is -0.580. The number of methoxy groups -OCH3 is 1. The Kier molecular flexibility index (Phi) is 5.03. The van der Waals surface area contributed by atoms with Gasteiger partial charge in [-0.1, -0.05) is 13.0 Å². The van der Waals surface area contributed by atoms with Gasteiger partial charge in [0, 0.05) is 32.2 Å². The van der Waals surface area contributed by atoms with Crippen molar-refractivity contribution in [2.24, 2.45) is 0 Å². The zero-order valence-electron chi connectivity index (χ0n) is 11.1. The van der Waals surface area contributed by atoms with Crippen LogP contribution in [0, 0.1) is 0 Å². The van der Waals surface area contributed by atoms with E-state index in [-0.39, 0.29) is 0 Å². The number of hydrogen-bond donors (Lipinski definition) is 1. The maximum atomic E-state index is 5.25. The van der Waals surface area contributed by atoms with Crippen molar-refractivity contribution in [2.45, 2.75) is 25.9 Å². The van der Waals surface area contributed by atoms with E-state index in [1.807, 2.05) is 6.07 Å². The van der Waals surface area contributed by atoms with Crippen molar-refractivity contribution in [1.29, 1.82) is 0 Å². The minimum Gasteiger partial charge on any atom is -0.496 e. The van der Waals surface area contributed by atoms with E-state index in [9.17, 15) is 0 Å². The molecular weight excluding hydrogens is 292 g/mol. The monoisotopic (exact) mass is 312 g/mol. The highest BCUT2D eigenvalue weighted by molar-refractivity contribution is 9.10. The molecular formula is C14H21BrN2O. The van der Waals surface area contributed by atoms with Crippen molar-refractivity contribution < 1.29 is 4.74 Å². The number of rotatable bonds is 4. The molecule has 0 spiro atoms. The maximum absolute atomic E-state index is 5.25. The van der Waals surface area contributed by atoms with Gasteiger partial charge in [-0.05, 0) is 40.0 Å². The molecule has 1 N–H and O–H groups in total. The molecule has 1 aromatic carbocycles. The van der Waals surface area contributed by atoms with Crippen LogP contribution in [0.25, 0.3) is 0 Å². The van der Waals surface area contributed by atoms with Crippen LogP contribution in [0.4, 0.5) is 0 Å². The van der Waals surface area contributed by atoms with Crippen LogP contribution >= 0.6 is 15.9 Å². The molecule has 1 heterocycles. The van der Waals surface area contributed by atoms with Gasteiger partial charge in [0.1, 0.15) is 5.75 Å². The Balaban J connectivity index is 1.98. The van der Waals surface area contributed by atoms with Gasteiger partial charge in [0.25, 0.3) is 0 Å². The summed E-state index contributed by atoms with van der Waals surface area (Å²) in [5, 5.41) is 3.54. The van der Waals surface area contributed by atoms with Crippen molar-refractivity contribution in [1.82, 2.24) is 10.2 Å². The van der Waals surface area contributed by atoms with Crippen molar-refractivity contribution in [3.63, 3.8) is 0 Å². The second-order valence-electron chi connectivity index (χ2n) is 4.76. The Morgan fingerprint density at radius 3 is 3.00 bits per heavy atom. The summed E-state index contributed by atoms with van der Waals surface area (Å²) in [6.45, 7) is 6.61. The van der Waals surface area contributed by atoms with Crippen molar-refractivity contribution in [3.8, 4) is 5.75 Å². The van der Waals surface area contributed by atoms with Crippen LogP contribution in [-0.4, -0.2) is 37.7 Å². The molecule has 1 atom stereocenters. The van der Waals surface area contributed by atoms with Gasteiger partial charge < -0.3 is 10.1 Å². The molecule has 0 aromatic heterocycles. The highest BCUT2D eigenvalue weighted by Gasteiger charge is 2.17. The first-order valence-corrected chi connectivity index (χ1v) is 7.30. The van der Waals surface area contributed by atoms with Crippen molar-refractivity contribution >= 4 is 15.9 Å². The predicted octanol–water partition coefficient (Wildman–Crippen LogP) is 2.64. The van der Waals surface area contributed by atoms with Gasteiger partial charge in [-0.3, -0.25) is 4.90 Å². The lowest BCUT2D eigenvalue weighted by atomic mass is 10.1. The molecule has 3 nitrogen and oxygen atoms in total. The van der Waals surface area contributed by atoms with Crippen molar-refractivity contribution in [3.05, 3.63) is 28.2 Å². The highest BCUT2D eigenvalue weighted by Crippen LogP contribution is 2.26. The van der Waals surface area contributed by atoms with E-state index in [0.717, 1.165) is 36.4 Å². The van der Waals surface area contributed by atoms with Crippen LogP contribution in [0.1, 0.15) is 18.9 Å². The summed E-state index contributed by atoms with van der Waals surface area (Å²) in [6, 6.07) is 6.97. The van der Waals surface area contributed by atoms with Crippen LogP contribution in [0.15, 0.2) is 22.7 Å². The number of halogens is 1. The third-order valence-corrected chi connectivity index (χ3v) is 4.07. The molecule has 100 valence electrons. The Morgan fingerprint density at radius 2 is 2.33 bits per heavy atom. The fourth-order valence-electron chi connectivity index (χ4n) is 2.38. The summed E-state index contributed by atoms with van der Waals surface area (Å²) < 4.78 is 6.29. The molecule has 2 rings (SSSR count). The van der Waals surface area contributed by atoms with Gasteiger partial charge in [-0.15, -0.1) is 0 Å². The SMILES string of the molecule is CCC1CN(Cc2ccc(OC)c(Br)c2)CCN1. The minimum absolute atomic E-state index is 0.639. The van der Waals surface area contributed by atoms with E-state index in [2.05, 4.69) is 45.2 Å². The molecule has 4 heteroatoms. The molecule has 1 unspecified atom stereocenters. The minimum atomic E-state index is 0.639. The number of piperazine rings is 1. The molecule has 18 heavy (non-hydrogen) atoms. The van der Waals surface area contributed by atoms with Gasteiger partial charge in [-0.25, -0.2) is 0 Å². The quantitative estimate of drug-likeness (QED) is 0.925. The molecule has 1 fully saturated rings. The lowest BCUT2D eigenvalue weighted by Crippen LogP contribution is -2.49. The largest absolute Gasteiger partial charge is 0.496 e. The molecule has 0 saturated carbocycles. The summed E-state index contributed by atoms with van der Waals surface area (Å²) in [4.78, 5) is 2.51. The van der Waals surface area contributed by atoms with Gasteiger partial charge in [-0.2, -0.15) is 0 Å². The topological polar surface area (TPSA) is 24.5 Å². The fraction of sp³-hybridized carbons (Fsp3) is 0.571. The Bertz CT molecular complexity index is 397. The third kappa shape index (κ3) is 3.46. The summed E-state index contributed by atoms with van der Waals surface area (Å²) >= 11 is 3.54. The highest BCUT2D eigenvalue weighted by atomic mass is 79.9. The first-order valence-electron chi connectivity index (χ1n) is 6.51. The van der Waals surface area contributed by atoms with Crippen LogP contribution in [0.5, 0.6) is 5.75 Å². The molecule has 1 aromatic rings. The summed E-state index contributed by atoms with van der Waals surface area (Å²) in [6.07, 6.45) is 1.20. The predicted molar refractivity (Wildman–Crippen MR) is 78.1 cm³/mol. The second-order valence-corrected chi connectivity index (χ2v) is 5.62. The average molecular weight is 313 g/mol. The van der Waals surface area contributed by atoms with Crippen LogP contribution in [-0.2, 0) is 6.54 Å². The van der Waals surface area contributed by atoms with Crippen LogP contribution in [0.3, 0.4) is 0 Å². The maximum Gasteiger partial charge on any atom is 0.133 e. The normalized spacial score (nSPS) is 20.9. The smallest absolute Gasteiger partial charge is 0.133 e. The first-order chi connectivity index (χ1) is 8.72. The second kappa shape index (κ2) is 6.55. The number of nitrogens with one attached hydrogen (secondary N) is 1. The lowest BCUT2D eigenvalue weighted by molar-refractivity contribution is 0.190. The van der Waals surface area contributed by atoms with Gasteiger partial charge in [0.15, 0.2) is 0 Å². The molecule has 1 aliphatic heterocycles. The molecule has 0 radical (unpaired) electrons. The lowest BCUT2D eigenvalue weighted by Gasteiger charge is -2.33. The van der Waals surface area contributed by atoms with Crippen molar-refractivity contribution in [2.75, 3.05) is 26.7 Å². The van der Waals surface area contributed by atoms with E-state index in [4.69, 9.17) is 4.74 Å².